The molecule has 2 aromatic rings. The van der Waals surface area contributed by atoms with Gasteiger partial charge in [-0.1, -0.05) is 26.0 Å². The van der Waals surface area contributed by atoms with Gasteiger partial charge in [0.15, 0.2) is 0 Å². The highest BCUT2D eigenvalue weighted by Gasteiger charge is 2.17. The van der Waals surface area contributed by atoms with Crippen LogP contribution in [0.2, 0.25) is 0 Å². The van der Waals surface area contributed by atoms with Crippen molar-refractivity contribution in [3.8, 4) is 0 Å². The molecule has 0 bridgehead atoms. The van der Waals surface area contributed by atoms with Gasteiger partial charge in [-0.05, 0) is 0 Å². The van der Waals surface area contributed by atoms with Crippen LogP contribution in [0.3, 0.4) is 0 Å². The van der Waals surface area contributed by atoms with E-state index in [1.165, 1.54) is 6.07 Å². The second kappa shape index (κ2) is 5.73. The van der Waals surface area contributed by atoms with Crippen LogP contribution >= 0.6 is 0 Å². The van der Waals surface area contributed by atoms with Crippen molar-refractivity contribution in [1.82, 2.24) is 9.55 Å². The van der Waals surface area contributed by atoms with Crippen LogP contribution in [0.25, 0.3) is 0 Å². The molecule has 0 fully saturated rings. The van der Waals surface area contributed by atoms with E-state index in [4.69, 9.17) is 0 Å². The maximum Gasteiger partial charge on any atom is 0.292 e. The zero-order valence-electron chi connectivity index (χ0n) is 11.8. The number of nitrogens with one attached hydrogen (secondary N) is 1. The number of para-hydroxylation sites is 1. The lowest BCUT2D eigenvalue weighted by atomic mass is 10.1. The van der Waals surface area contributed by atoms with E-state index in [1.807, 2.05) is 16.8 Å². The molecule has 0 atom stereocenters. The minimum absolute atomic E-state index is 0.0937. The van der Waals surface area contributed by atoms with Crippen molar-refractivity contribution < 1.29 is 4.92 Å². The van der Waals surface area contributed by atoms with Gasteiger partial charge in [-0.25, -0.2) is 4.98 Å². The van der Waals surface area contributed by atoms with Gasteiger partial charge in [0, 0.05) is 37.0 Å². The number of nitro groups is 1. The Morgan fingerprint density at radius 2 is 2.20 bits per heavy atom. The fourth-order valence-corrected chi connectivity index (χ4v) is 2.30. The molecular formula is C14H18N4O2. The van der Waals surface area contributed by atoms with Crippen LogP contribution in [0, 0.1) is 10.1 Å². The average molecular weight is 274 g/mol. The van der Waals surface area contributed by atoms with E-state index < -0.39 is 0 Å². The summed E-state index contributed by atoms with van der Waals surface area (Å²) in [6.45, 7) is 4.71. The first-order valence-electron chi connectivity index (χ1n) is 6.49. The number of nitro benzene ring substituents is 1. The number of benzene rings is 1. The summed E-state index contributed by atoms with van der Waals surface area (Å²) in [7, 11) is 1.70. The Balaban J connectivity index is 2.41. The zero-order chi connectivity index (χ0) is 14.7. The number of anilines is 1. The normalized spacial score (nSPS) is 10.8. The van der Waals surface area contributed by atoms with E-state index in [0.29, 0.717) is 18.2 Å². The third kappa shape index (κ3) is 2.64. The van der Waals surface area contributed by atoms with Crippen LogP contribution in [0.4, 0.5) is 11.4 Å². The maximum absolute atomic E-state index is 11.1. The lowest BCUT2D eigenvalue weighted by molar-refractivity contribution is -0.384. The quantitative estimate of drug-likeness (QED) is 0.672. The Bertz CT molecular complexity index is 619. The summed E-state index contributed by atoms with van der Waals surface area (Å²) in [5.41, 5.74) is 1.53. The number of rotatable bonds is 5. The van der Waals surface area contributed by atoms with E-state index in [2.05, 4.69) is 24.1 Å². The molecule has 0 aliphatic carbocycles. The van der Waals surface area contributed by atoms with Gasteiger partial charge in [0.2, 0.25) is 0 Å². The SMILES string of the molecule is CNc1c(Cn2ccnc2C(C)C)cccc1[N+](=O)[O-]. The smallest absolute Gasteiger partial charge is 0.292 e. The van der Waals surface area contributed by atoms with E-state index in [-0.39, 0.29) is 10.6 Å². The molecule has 6 heteroatoms. The van der Waals surface area contributed by atoms with Gasteiger partial charge >= 0.3 is 0 Å². The van der Waals surface area contributed by atoms with Gasteiger partial charge in [-0.2, -0.15) is 0 Å². The molecule has 6 nitrogen and oxygen atoms in total. The van der Waals surface area contributed by atoms with Crippen molar-refractivity contribution in [2.75, 3.05) is 12.4 Å². The van der Waals surface area contributed by atoms with Crippen LogP contribution in [-0.4, -0.2) is 21.5 Å². The highest BCUT2D eigenvalue weighted by atomic mass is 16.6. The van der Waals surface area contributed by atoms with Gasteiger partial charge in [0.05, 0.1) is 11.5 Å². The van der Waals surface area contributed by atoms with E-state index in [1.54, 1.807) is 19.3 Å². The van der Waals surface area contributed by atoms with Gasteiger partial charge in [0.25, 0.3) is 5.69 Å². The third-order valence-corrected chi connectivity index (χ3v) is 3.18. The van der Waals surface area contributed by atoms with Crippen LogP contribution in [0.5, 0.6) is 0 Å². The van der Waals surface area contributed by atoms with Crippen molar-refractivity contribution in [3.63, 3.8) is 0 Å². The average Bonchev–Trinajstić information content (AvgIpc) is 2.86. The van der Waals surface area contributed by atoms with Gasteiger partial charge in [0.1, 0.15) is 11.5 Å². The number of imidazole rings is 1. The first-order valence-corrected chi connectivity index (χ1v) is 6.49. The highest BCUT2D eigenvalue weighted by Crippen LogP contribution is 2.29. The molecule has 1 N–H and O–H groups in total. The molecule has 0 radical (unpaired) electrons. The lowest BCUT2D eigenvalue weighted by Gasteiger charge is -2.13. The Hall–Kier alpha value is -2.37. The summed E-state index contributed by atoms with van der Waals surface area (Å²) in [5, 5.41) is 14.0. The molecule has 0 unspecified atom stereocenters. The first kappa shape index (κ1) is 14.0. The second-order valence-corrected chi connectivity index (χ2v) is 4.89. The van der Waals surface area contributed by atoms with Crippen LogP contribution in [0.15, 0.2) is 30.6 Å². The van der Waals surface area contributed by atoms with Crippen molar-refractivity contribution in [2.45, 2.75) is 26.3 Å². The summed E-state index contributed by atoms with van der Waals surface area (Å²) in [4.78, 5) is 15.0. The molecule has 1 heterocycles. The summed E-state index contributed by atoms with van der Waals surface area (Å²) < 4.78 is 2.02. The standard InChI is InChI=1S/C14H18N4O2/c1-10(2)14-16-7-8-17(14)9-11-5-4-6-12(18(19)20)13(11)15-3/h4-8,10,15H,9H2,1-3H3. The number of hydrogen-bond donors (Lipinski definition) is 1. The van der Waals surface area contributed by atoms with Crippen LogP contribution < -0.4 is 5.32 Å². The summed E-state index contributed by atoms with van der Waals surface area (Å²) in [6.07, 6.45) is 3.65. The maximum atomic E-state index is 11.1. The van der Waals surface area contributed by atoms with Crippen molar-refractivity contribution >= 4 is 11.4 Å². The molecule has 0 saturated heterocycles. The van der Waals surface area contributed by atoms with Gasteiger partial charge in [-0.15, -0.1) is 0 Å². The largest absolute Gasteiger partial charge is 0.382 e. The van der Waals surface area contributed by atoms with E-state index >= 15 is 0 Å². The van der Waals surface area contributed by atoms with Crippen LogP contribution in [-0.2, 0) is 6.54 Å². The lowest BCUT2D eigenvalue weighted by Crippen LogP contribution is -2.08. The summed E-state index contributed by atoms with van der Waals surface area (Å²) in [6, 6.07) is 5.11. The highest BCUT2D eigenvalue weighted by molar-refractivity contribution is 5.66. The molecule has 0 spiro atoms. The minimum atomic E-state index is -0.368. The predicted octanol–water partition coefficient (Wildman–Crippen LogP) is 3.00. The summed E-state index contributed by atoms with van der Waals surface area (Å²) >= 11 is 0. The molecule has 2 rings (SSSR count). The fourth-order valence-electron chi connectivity index (χ4n) is 2.30. The number of aromatic nitrogens is 2. The minimum Gasteiger partial charge on any atom is -0.382 e. The Morgan fingerprint density at radius 1 is 1.45 bits per heavy atom. The number of hydrogen-bond acceptors (Lipinski definition) is 4. The van der Waals surface area contributed by atoms with Gasteiger partial charge < -0.3 is 9.88 Å². The second-order valence-electron chi connectivity index (χ2n) is 4.89. The van der Waals surface area contributed by atoms with E-state index in [0.717, 1.165) is 11.4 Å². The predicted molar refractivity (Wildman–Crippen MR) is 78.1 cm³/mol. The van der Waals surface area contributed by atoms with Crippen molar-refractivity contribution in [3.05, 3.63) is 52.1 Å². The summed E-state index contributed by atoms with van der Waals surface area (Å²) in [5.74, 6) is 1.28. The molecule has 0 saturated carbocycles. The Morgan fingerprint density at radius 3 is 2.80 bits per heavy atom. The zero-order valence-corrected chi connectivity index (χ0v) is 11.8. The van der Waals surface area contributed by atoms with Crippen molar-refractivity contribution in [1.29, 1.82) is 0 Å². The monoisotopic (exact) mass is 274 g/mol. The van der Waals surface area contributed by atoms with E-state index in [9.17, 15) is 10.1 Å². The molecule has 1 aromatic heterocycles. The molecule has 0 amide bonds. The molecule has 1 aromatic carbocycles. The third-order valence-electron chi connectivity index (χ3n) is 3.18. The molecule has 20 heavy (non-hydrogen) atoms. The topological polar surface area (TPSA) is 73.0 Å². The van der Waals surface area contributed by atoms with Crippen molar-refractivity contribution in [2.24, 2.45) is 0 Å². The molecule has 0 aliphatic heterocycles. The van der Waals surface area contributed by atoms with Gasteiger partial charge in [-0.3, -0.25) is 10.1 Å². The Labute approximate surface area is 117 Å². The first-order chi connectivity index (χ1) is 9.54. The molecule has 0 aliphatic rings. The Kier molecular flexibility index (Phi) is 4.02. The number of nitrogens with zero attached hydrogens (tertiary/aromatic N) is 3. The van der Waals surface area contributed by atoms with Crippen LogP contribution in [0.1, 0.15) is 31.2 Å². The molecule has 106 valence electrons. The fraction of sp³-hybridized carbons (Fsp3) is 0.357. The molecular weight excluding hydrogens is 256 g/mol.